The van der Waals surface area contributed by atoms with Gasteiger partial charge in [-0.15, -0.1) is 0 Å². The maximum absolute atomic E-state index is 10.3. The van der Waals surface area contributed by atoms with Crippen molar-refractivity contribution in [1.29, 1.82) is 0 Å². The molecule has 0 bridgehead atoms. The van der Waals surface area contributed by atoms with Crippen LogP contribution in [0.2, 0.25) is 0 Å². The van der Waals surface area contributed by atoms with Crippen molar-refractivity contribution in [2.45, 2.75) is 65.1 Å². The third kappa shape index (κ3) is 9.38. The van der Waals surface area contributed by atoms with E-state index >= 15 is 0 Å². The zero-order chi connectivity index (χ0) is 25.0. The fourth-order valence-electron chi connectivity index (χ4n) is 4.00. The van der Waals surface area contributed by atoms with Gasteiger partial charge in [0, 0.05) is 36.6 Å². The smallest absolute Gasteiger partial charge is 0.122 e. The fraction of sp³-hybridized carbons (Fsp3) is 0.643. The Bertz CT molecular complexity index is 787. The summed E-state index contributed by atoms with van der Waals surface area (Å²) >= 11 is 1.98. The van der Waals surface area contributed by atoms with E-state index in [1.807, 2.05) is 37.8 Å². The lowest BCUT2D eigenvalue weighted by atomic mass is 9.76. The second kappa shape index (κ2) is 14.9. The van der Waals surface area contributed by atoms with Gasteiger partial charge in [0.2, 0.25) is 0 Å². The second-order valence-corrected chi connectivity index (χ2v) is 10.8. The Balaban J connectivity index is 1.92. The number of aliphatic hydroxyl groups is 2. The van der Waals surface area contributed by atoms with Crippen molar-refractivity contribution in [2.75, 3.05) is 51.0 Å². The van der Waals surface area contributed by atoms with Crippen LogP contribution in [0.4, 0.5) is 0 Å². The van der Waals surface area contributed by atoms with Crippen LogP contribution < -0.4 is 4.74 Å². The van der Waals surface area contributed by atoms with Gasteiger partial charge in [-0.2, -0.15) is 11.8 Å². The van der Waals surface area contributed by atoms with E-state index < -0.39 is 12.2 Å². The maximum atomic E-state index is 10.3. The van der Waals surface area contributed by atoms with Gasteiger partial charge in [-0.1, -0.05) is 58.1 Å². The monoisotopic (exact) mass is 491 g/mol. The molecule has 1 aromatic rings. The molecule has 2 unspecified atom stereocenters. The summed E-state index contributed by atoms with van der Waals surface area (Å²) in [6.45, 7) is 14.6. The van der Waals surface area contributed by atoms with Gasteiger partial charge in [0.25, 0.3) is 0 Å². The molecule has 0 radical (unpaired) electrons. The number of β-amino-alcohol motifs (C(OH)–C–C–N with tert-alkyl or cyclic N) is 1. The lowest BCUT2D eigenvalue weighted by Crippen LogP contribution is -2.39. The highest BCUT2D eigenvalue weighted by atomic mass is 32.2. The summed E-state index contributed by atoms with van der Waals surface area (Å²) in [6.07, 6.45) is 7.21. The fourth-order valence-corrected chi connectivity index (χ4v) is 4.98. The van der Waals surface area contributed by atoms with Crippen molar-refractivity contribution in [3.05, 3.63) is 53.1 Å². The number of nitrogens with zero attached hydrogens (tertiary/aromatic N) is 1. The number of ether oxygens (including phenoxy) is 2. The summed E-state index contributed by atoms with van der Waals surface area (Å²) in [6, 6.07) is 6.30. The molecule has 1 saturated heterocycles. The molecule has 0 spiro atoms. The number of allylic oxidation sites excluding steroid dienone is 3. The second-order valence-electron chi connectivity index (χ2n) is 9.55. The van der Waals surface area contributed by atoms with Gasteiger partial charge in [0.05, 0.1) is 25.4 Å². The molecule has 1 aliphatic heterocycles. The zero-order valence-electron chi connectivity index (χ0n) is 21.8. The first-order chi connectivity index (χ1) is 16.3. The van der Waals surface area contributed by atoms with Gasteiger partial charge in [0.1, 0.15) is 12.4 Å². The van der Waals surface area contributed by atoms with E-state index in [2.05, 4.69) is 50.0 Å². The lowest BCUT2D eigenvalue weighted by Gasteiger charge is -2.28. The van der Waals surface area contributed by atoms with Crippen LogP contribution in [0, 0.1) is 6.92 Å². The minimum absolute atomic E-state index is 0.176. The molecule has 6 heteroatoms. The average Bonchev–Trinajstić information content (AvgIpc) is 2.82. The van der Waals surface area contributed by atoms with E-state index in [9.17, 15) is 10.2 Å². The largest absolute Gasteiger partial charge is 0.491 e. The van der Waals surface area contributed by atoms with Crippen molar-refractivity contribution in [1.82, 2.24) is 4.90 Å². The van der Waals surface area contributed by atoms with E-state index in [1.54, 1.807) is 0 Å². The molecule has 2 N–H and O–H groups in total. The molecule has 1 heterocycles. The predicted octanol–water partition coefficient (Wildman–Crippen LogP) is 4.74. The van der Waals surface area contributed by atoms with Crippen LogP contribution in [-0.4, -0.2) is 78.3 Å². The molecule has 192 valence electrons. The lowest BCUT2D eigenvalue weighted by molar-refractivity contribution is 0.0281. The number of rotatable bonds is 14. The highest BCUT2D eigenvalue weighted by molar-refractivity contribution is 7.99. The summed E-state index contributed by atoms with van der Waals surface area (Å²) in [5, 5.41) is 20.1. The first-order valence-electron chi connectivity index (χ1n) is 12.6. The van der Waals surface area contributed by atoms with Gasteiger partial charge >= 0.3 is 0 Å². The number of hydrogen-bond acceptors (Lipinski definition) is 6. The van der Waals surface area contributed by atoms with E-state index in [0.717, 1.165) is 42.3 Å². The molecular weight excluding hydrogens is 446 g/mol. The van der Waals surface area contributed by atoms with Gasteiger partial charge in [-0.25, -0.2) is 0 Å². The van der Waals surface area contributed by atoms with E-state index in [4.69, 9.17) is 9.47 Å². The summed E-state index contributed by atoms with van der Waals surface area (Å²) in [7, 11) is 0. The number of benzene rings is 1. The van der Waals surface area contributed by atoms with Crippen LogP contribution in [-0.2, 0) is 10.2 Å². The van der Waals surface area contributed by atoms with Crippen molar-refractivity contribution in [3.8, 4) is 5.75 Å². The first kappa shape index (κ1) is 28.9. The summed E-state index contributed by atoms with van der Waals surface area (Å²) in [5.74, 6) is 3.12. The highest BCUT2D eigenvalue weighted by Crippen LogP contribution is 2.35. The zero-order valence-corrected chi connectivity index (χ0v) is 22.6. The normalized spacial score (nSPS) is 17.8. The third-order valence-electron chi connectivity index (χ3n) is 6.34. The van der Waals surface area contributed by atoms with Crippen molar-refractivity contribution in [3.63, 3.8) is 0 Å². The van der Waals surface area contributed by atoms with Gasteiger partial charge in [-0.3, -0.25) is 4.90 Å². The Morgan fingerprint density at radius 3 is 2.53 bits per heavy atom. The minimum atomic E-state index is -0.444. The number of thioether (sulfide) groups is 1. The molecule has 2 atom stereocenters. The van der Waals surface area contributed by atoms with Crippen LogP contribution in [0.15, 0.2) is 42.0 Å². The summed E-state index contributed by atoms with van der Waals surface area (Å²) in [4.78, 5) is 2.31. The average molecular weight is 492 g/mol. The summed E-state index contributed by atoms with van der Waals surface area (Å²) < 4.78 is 11.5. The molecule has 1 aliphatic rings. The van der Waals surface area contributed by atoms with E-state index in [1.165, 1.54) is 11.1 Å². The number of aliphatic hydroxyl groups excluding tert-OH is 2. The Morgan fingerprint density at radius 2 is 1.88 bits per heavy atom. The Morgan fingerprint density at radius 1 is 1.15 bits per heavy atom. The van der Waals surface area contributed by atoms with Crippen LogP contribution in [0.3, 0.4) is 0 Å². The Hall–Kier alpha value is -1.31. The van der Waals surface area contributed by atoms with Crippen molar-refractivity contribution in [2.24, 2.45) is 0 Å². The van der Waals surface area contributed by atoms with E-state index in [0.29, 0.717) is 32.8 Å². The van der Waals surface area contributed by atoms with Crippen LogP contribution in [0.5, 0.6) is 5.75 Å². The van der Waals surface area contributed by atoms with Crippen LogP contribution in [0.1, 0.15) is 51.7 Å². The van der Waals surface area contributed by atoms with Gasteiger partial charge in [-0.05, 0) is 42.5 Å². The molecule has 0 amide bonds. The molecule has 1 aromatic carbocycles. The molecule has 5 nitrogen and oxygen atoms in total. The molecular formula is C28H45NO4S. The van der Waals surface area contributed by atoms with Crippen molar-refractivity contribution >= 4 is 11.8 Å². The predicted molar refractivity (Wildman–Crippen MR) is 144 cm³/mol. The SMILES string of the molecule is CC/C=C(\C=C/COCC(O)CN1CCSCC1)C(C)(C)c1ccc(OCC(O)CC)c(C)c1. The molecule has 0 aliphatic carbocycles. The molecule has 0 saturated carbocycles. The molecule has 2 rings (SSSR count). The molecule has 0 aromatic heterocycles. The standard InChI is InChI=1S/C28H45NO4S/c1-6-9-23(10-8-15-32-20-26(31)19-29-13-16-34-17-14-29)28(4,5)24-11-12-27(22(3)18-24)33-21-25(30)7-2/h8-12,18,25-26,30-31H,6-7,13-17,19-21H2,1-5H3/b10-8-,23-9+. The first-order valence-corrected chi connectivity index (χ1v) is 13.8. The number of hydrogen-bond donors (Lipinski definition) is 2. The van der Waals surface area contributed by atoms with Gasteiger partial charge < -0.3 is 19.7 Å². The topological polar surface area (TPSA) is 62.2 Å². The summed E-state index contributed by atoms with van der Waals surface area (Å²) in [5.41, 5.74) is 3.34. The third-order valence-corrected chi connectivity index (χ3v) is 7.28. The Kier molecular flexibility index (Phi) is 12.7. The van der Waals surface area contributed by atoms with Crippen LogP contribution >= 0.6 is 11.8 Å². The number of aryl methyl sites for hydroxylation is 1. The maximum Gasteiger partial charge on any atom is 0.122 e. The molecule has 1 fully saturated rings. The highest BCUT2D eigenvalue weighted by Gasteiger charge is 2.24. The van der Waals surface area contributed by atoms with Gasteiger partial charge in [0.15, 0.2) is 0 Å². The van der Waals surface area contributed by atoms with Crippen LogP contribution in [0.25, 0.3) is 0 Å². The van der Waals surface area contributed by atoms with Crippen molar-refractivity contribution < 1.29 is 19.7 Å². The molecule has 34 heavy (non-hydrogen) atoms. The Labute approximate surface area is 211 Å². The quantitative estimate of drug-likeness (QED) is 0.290. The van der Waals surface area contributed by atoms with E-state index in [-0.39, 0.29) is 5.41 Å². The minimum Gasteiger partial charge on any atom is -0.491 e.